The first-order valence-electron chi connectivity index (χ1n) is 7.46. The molecule has 6 nitrogen and oxygen atoms in total. The molecule has 25 heavy (non-hydrogen) atoms. The fourth-order valence-corrected chi connectivity index (χ4v) is 2.35. The van der Waals surface area contributed by atoms with Crippen LogP contribution in [-0.4, -0.2) is 23.0 Å². The van der Waals surface area contributed by atoms with Gasteiger partial charge in [0, 0.05) is 11.1 Å². The van der Waals surface area contributed by atoms with E-state index in [0.29, 0.717) is 11.4 Å². The van der Waals surface area contributed by atoms with Gasteiger partial charge >= 0.3 is 0 Å². The monoisotopic (exact) mass is 354 g/mol. The molecule has 0 spiro atoms. The first-order valence-corrected chi connectivity index (χ1v) is 7.83. The number of benzene rings is 2. The molecule has 7 heteroatoms. The fraction of sp³-hybridized carbons (Fsp3) is 0.0556. The van der Waals surface area contributed by atoms with Crippen molar-refractivity contribution in [3.63, 3.8) is 0 Å². The van der Waals surface area contributed by atoms with Gasteiger partial charge < -0.3 is 4.74 Å². The Morgan fingerprint density at radius 3 is 2.48 bits per heavy atom. The number of hydrogen-bond acceptors (Lipinski definition) is 5. The first-order chi connectivity index (χ1) is 12.2. The molecule has 0 amide bonds. The number of rotatable bonds is 5. The summed E-state index contributed by atoms with van der Waals surface area (Å²) in [6, 6.07) is 17.2. The maximum absolute atomic E-state index is 11.5. The number of aromatic amines is 1. The predicted molar refractivity (Wildman–Crippen MR) is 98.6 cm³/mol. The predicted octanol–water partition coefficient (Wildman–Crippen LogP) is 3.30. The average Bonchev–Trinajstić information content (AvgIpc) is 2.66. The summed E-state index contributed by atoms with van der Waals surface area (Å²) in [5.74, 6) is 0.756. The van der Waals surface area contributed by atoms with Crippen molar-refractivity contribution >= 4 is 23.0 Å². The lowest BCUT2D eigenvalue weighted by Crippen LogP contribution is -2.12. The minimum Gasteiger partial charge on any atom is -0.497 e. The van der Waals surface area contributed by atoms with E-state index >= 15 is 0 Å². The van der Waals surface area contributed by atoms with Crippen LogP contribution in [0.3, 0.4) is 0 Å². The molecule has 126 valence electrons. The summed E-state index contributed by atoms with van der Waals surface area (Å²) < 4.78 is 5.19. The Labute approximate surface area is 149 Å². The smallest absolute Gasteiger partial charge is 0.285 e. The quantitative estimate of drug-likeness (QED) is 0.544. The highest BCUT2D eigenvalue weighted by atomic mass is 35.5. The van der Waals surface area contributed by atoms with Gasteiger partial charge in [0.1, 0.15) is 16.5 Å². The maximum Gasteiger partial charge on any atom is 0.285 e. The number of ether oxygens (including phenoxy) is 1. The summed E-state index contributed by atoms with van der Waals surface area (Å²) in [5, 5.41) is 10.4. The van der Waals surface area contributed by atoms with Crippen molar-refractivity contribution in [1.82, 2.24) is 10.2 Å². The molecule has 0 aliphatic rings. The Morgan fingerprint density at radius 1 is 1.12 bits per heavy atom. The van der Waals surface area contributed by atoms with Crippen molar-refractivity contribution in [2.45, 2.75) is 0 Å². The highest BCUT2D eigenvalue weighted by Crippen LogP contribution is 2.18. The third-order valence-corrected chi connectivity index (χ3v) is 3.87. The number of H-pyrrole nitrogens is 1. The minimum absolute atomic E-state index is 0.000826. The van der Waals surface area contributed by atoms with E-state index < -0.39 is 5.56 Å². The highest BCUT2D eigenvalue weighted by molar-refractivity contribution is 6.32. The van der Waals surface area contributed by atoms with E-state index in [1.807, 2.05) is 54.6 Å². The minimum atomic E-state index is -0.479. The van der Waals surface area contributed by atoms with Gasteiger partial charge in [-0.25, -0.2) is 5.10 Å². The average molecular weight is 355 g/mol. The van der Waals surface area contributed by atoms with E-state index in [2.05, 4.69) is 20.7 Å². The molecular formula is C18H15ClN4O2. The Morgan fingerprint density at radius 2 is 1.80 bits per heavy atom. The maximum atomic E-state index is 11.5. The van der Waals surface area contributed by atoms with Gasteiger partial charge in [0.25, 0.3) is 5.56 Å². The number of halogens is 1. The van der Waals surface area contributed by atoms with Crippen molar-refractivity contribution in [2.24, 2.45) is 5.10 Å². The highest BCUT2D eigenvalue weighted by Gasteiger charge is 2.09. The number of aromatic nitrogens is 2. The number of nitrogens with one attached hydrogen (secondary N) is 2. The lowest BCUT2D eigenvalue weighted by molar-refractivity contribution is 0.415. The van der Waals surface area contributed by atoms with Gasteiger partial charge in [0.15, 0.2) is 0 Å². The SMILES string of the molecule is COc1ccc(/C(=N\Nc2cn[nH]c(=O)c2Cl)c2ccccc2)cc1. The van der Waals surface area contributed by atoms with Gasteiger partial charge in [-0.05, 0) is 24.3 Å². The van der Waals surface area contributed by atoms with E-state index in [4.69, 9.17) is 16.3 Å². The lowest BCUT2D eigenvalue weighted by atomic mass is 10.0. The van der Waals surface area contributed by atoms with E-state index in [-0.39, 0.29) is 5.02 Å². The molecule has 0 saturated heterocycles. The largest absolute Gasteiger partial charge is 0.497 e. The van der Waals surface area contributed by atoms with Crippen molar-refractivity contribution < 1.29 is 4.74 Å². The molecule has 3 rings (SSSR count). The summed E-state index contributed by atoms with van der Waals surface area (Å²) in [6.45, 7) is 0. The number of methoxy groups -OCH3 is 1. The van der Waals surface area contributed by atoms with Gasteiger partial charge in [-0.1, -0.05) is 41.9 Å². The third-order valence-electron chi connectivity index (χ3n) is 3.49. The van der Waals surface area contributed by atoms with Gasteiger partial charge in [-0.2, -0.15) is 10.2 Å². The van der Waals surface area contributed by atoms with Crippen molar-refractivity contribution in [1.29, 1.82) is 0 Å². The Bertz CT molecular complexity index is 937. The zero-order valence-corrected chi connectivity index (χ0v) is 14.1. The zero-order chi connectivity index (χ0) is 17.6. The van der Waals surface area contributed by atoms with Crippen LogP contribution in [0.5, 0.6) is 5.75 Å². The van der Waals surface area contributed by atoms with Crippen LogP contribution in [-0.2, 0) is 0 Å². The molecule has 0 aliphatic carbocycles. The second kappa shape index (κ2) is 7.63. The lowest BCUT2D eigenvalue weighted by Gasteiger charge is -2.09. The van der Waals surface area contributed by atoms with Gasteiger partial charge in [0.05, 0.1) is 19.0 Å². The standard InChI is InChI=1S/C18H15ClN4O2/c1-25-14-9-7-13(8-10-14)17(12-5-3-2-4-6-12)22-21-15-11-20-23-18(24)16(15)19/h2-11H,1H3,(H2,21,23,24)/b22-17-. The Balaban J connectivity index is 2.01. The molecule has 0 atom stereocenters. The molecule has 3 aromatic rings. The summed E-state index contributed by atoms with van der Waals surface area (Å²) in [4.78, 5) is 11.5. The molecule has 0 unspecified atom stereocenters. The molecule has 1 aromatic heterocycles. The van der Waals surface area contributed by atoms with Crippen molar-refractivity contribution in [2.75, 3.05) is 12.5 Å². The van der Waals surface area contributed by atoms with Crippen LogP contribution in [0.2, 0.25) is 5.02 Å². The second-order valence-corrected chi connectivity index (χ2v) is 5.47. The van der Waals surface area contributed by atoms with Crippen LogP contribution in [0.1, 0.15) is 11.1 Å². The second-order valence-electron chi connectivity index (χ2n) is 5.09. The van der Waals surface area contributed by atoms with Crippen molar-refractivity contribution in [3.8, 4) is 5.75 Å². The Kier molecular flexibility index (Phi) is 5.11. The molecule has 0 saturated carbocycles. The molecule has 0 fully saturated rings. The van der Waals surface area contributed by atoms with E-state index in [0.717, 1.165) is 16.9 Å². The molecule has 2 N–H and O–H groups in total. The molecule has 0 bridgehead atoms. The van der Waals surface area contributed by atoms with Crippen LogP contribution >= 0.6 is 11.6 Å². The molecule has 0 aliphatic heterocycles. The molecule has 1 heterocycles. The van der Waals surface area contributed by atoms with E-state index in [1.165, 1.54) is 6.20 Å². The summed E-state index contributed by atoms with van der Waals surface area (Å²) in [5.41, 5.74) is 5.16. The fourth-order valence-electron chi connectivity index (χ4n) is 2.22. The summed E-state index contributed by atoms with van der Waals surface area (Å²) in [6.07, 6.45) is 1.41. The van der Waals surface area contributed by atoms with Gasteiger partial charge in [-0.15, -0.1) is 0 Å². The number of hydrogen-bond donors (Lipinski definition) is 2. The zero-order valence-electron chi connectivity index (χ0n) is 13.4. The van der Waals surface area contributed by atoms with E-state index in [1.54, 1.807) is 7.11 Å². The number of hydrazone groups is 1. The number of anilines is 1. The third kappa shape index (κ3) is 3.87. The van der Waals surface area contributed by atoms with Gasteiger partial charge in [0.2, 0.25) is 0 Å². The topological polar surface area (TPSA) is 79.4 Å². The summed E-state index contributed by atoms with van der Waals surface area (Å²) in [7, 11) is 1.62. The van der Waals surface area contributed by atoms with Crippen LogP contribution in [0, 0.1) is 0 Å². The number of nitrogens with zero attached hydrogens (tertiary/aromatic N) is 2. The van der Waals surface area contributed by atoms with E-state index in [9.17, 15) is 4.79 Å². The molecule has 0 radical (unpaired) electrons. The molecule has 2 aromatic carbocycles. The van der Waals surface area contributed by atoms with Crippen LogP contribution in [0.4, 0.5) is 5.69 Å². The summed E-state index contributed by atoms with van der Waals surface area (Å²) >= 11 is 5.98. The normalized spacial score (nSPS) is 11.2. The van der Waals surface area contributed by atoms with Crippen LogP contribution < -0.4 is 15.7 Å². The van der Waals surface area contributed by atoms with Crippen LogP contribution in [0.15, 0.2) is 70.7 Å². The van der Waals surface area contributed by atoms with Crippen molar-refractivity contribution in [3.05, 3.63) is 87.3 Å². The van der Waals surface area contributed by atoms with Gasteiger partial charge in [-0.3, -0.25) is 10.2 Å². The first kappa shape index (κ1) is 16.7. The Hall–Kier alpha value is -3.12. The molecular weight excluding hydrogens is 340 g/mol. The van der Waals surface area contributed by atoms with Crippen LogP contribution in [0.25, 0.3) is 0 Å².